The molecule has 3 rings (SSSR count). The molecule has 0 spiro atoms. The van der Waals surface area contributed by atoms with E-state index in [1.165, 1.54) is 109 Å². The van der Waals surface area contributed by atoms with E-state index < -0.39 is 0 Å². The predicted molar refractivity (Wildman–Crippen MR) is 115 cm³/mol. The van der Waals surface area contributed by atoms with E-state index in [1.54, 1.807) is 0 Å². The Labute approximate surface area is 169 Å². The Kier molecular flexibility index (Phi) is 8.10. The minimum Gasteiger partial charge on any atom is -0.198 e. The molecular weight excluding hydrogens is 326 g/mol. The van der Waals surface area contributed by atoms with Crippen LogP contribution in [0.4, 0.5) is 0 Å². The topological polar surface area (TPSA) is 23.8 Å². The molecule has 0 amide bonds. The molecule has 0 atom stereocenters. The number of unbranched alkanes of at least 4 members (excludes halogenated alkanes) is 2. The smallest absolute Gasteiger partial charge is 0.0692 e. The fourth-order valence-electron chi connectivity index (χ4n) is 6.99. The van der Waals surface area contributed by atoms with Gasteiger partial charge in [-0.1, -0.05) is 71.6 Å². The molecule has 3 aliphatic rings. The van der Waals surface area contributed by atoms with Gasteiger partial charge >= 0.3 is 0 Å². The Bertz CT molecular complexity index is 451. The zero-order valence-corrected chi connectivity index (χ0v) is 18.4. The average Bonchev–Trinajstić information content (AvgIpc) is 2.74. The van der Waals surface area contributed by atoms with E-state index in [-0.39, 0.29) is 5.41 Å². The number of nitriles is 1. The summed E-state index contributed by atoms with van der Waals surface area (Å²) in [6, 6.07) is 2.89. The minimum atomic E-state index is 0.0471. The molecule has 1 heteroatoms. The number of hydrogen-bond donors (Lipinski definition) is 0. The molecule has 0 aromatic heterocycles. The highest BCUT2D eigenvalue weighted by Gasteiger charge is 2.44. The average molecular weight is 372 g/mol. The van der Waals surface area contributed by atoms with Crippen molar-refractivity contribution in [3.63, 3.8) is 0 Å². The highest BCUT2D eigenvalue weighted by molar-refractivity contribution is 5.06. The van der Waals surface area contributed by atoms with Crippen molar-refractivity contribution < 1.29 is 0 Å². The van der Waals surface area contributed by atoms with Gasteiger partial charge in [-0.05, 0) is 81.0 Å². The van der Waals surface area contributed by atoms with Crippen LogP contribution in [0.1, 0.15) is 123 Å². The Balaban J connectivity index is 1.45. The van der Waals surface area contributed by atoms with Crippen LogP contribution in [0.2, 0.25) is 0 Å². The maximum atomic E-state index is 10.1. The molecular formula is C26H45N. The maximum Gasteiger partial charge on any atom is 0.0692 e. The molecule has 3 saturated carbocycles. The monoisotopic (exact) mass is 371 g/mol. The van der Waals surface area contributed by atoms with E-state index in [0.717, 1.165) is 23.7 Å². The van der Waals surface area contributed by atoms with E-state index in [0.29, 0.717) is 5.92 Å². The summed E-state index contributed by atoms with van der Waals surface area (Å²) < 4.78 is 0. The van der Waals surface area contributed by atoms with Gasteiger partial charge in [-0.25, -0.2) is 0 Å². The summed E-state index contributed by atoms with van der Waals surface area (Å²) >= 11 is 0. The van der Waals surface area contributed by atoms with Crippen molar-refractivity contribution in [3.8, 4) is 6.07 Å². The lowest BCUT2D eigenvalue weighted by Gasteiger charge is -2.45. The number of rotatable bonds is 7. The second kappa shape index (κ2) is 10.3. The van der Waals surface area contributed by atoms with Crippen LogP contribution in [0.15, 0.2) is 0 Å². The summed E-state index contributed by atoms with van der Waals surface area (Å²) in [6.45, 7) is 4.67. The molecule has 0 N–H and O–H groups in total. The van der Waals surface area contributed by atoms with Crippen molar-refractivity contribution in [2.45, 2.75) is 123 Å². The SMILES string of the molecule is CCCCCC1CCC([C@]2(C#N)CC[C@@H](C3CCC(CC)CC3)CC2)CC1. The van der Waals surface area contributed by atoms with Gasteiger partial charge in [0, 0.05) is 0 Å². The molecule has 154 valence electrons. The van der Waals surface area contributed by atoms with Crippen molar-refractivity contribution in [2.75, 3.05) is 0 Å². The lowest BCUT2D eigenvalue weighted by molar-refractivity contribution is 0.0605. The van der Waals surface area contributed by atoms with E-state index in [1.807, 2.05) is 0 Å². The number of nitrogens with zero attached hydrogens (tertiary/aromatic N) is 1. The van der Waals surface area contributed by atoms with Gasteiger partial charge in [0.2, 0.25) is 0 Å². The van der Waals surface area contributed by atoms with Gasteiger partial charge in [0.15, 0.2) is 0 Å². The molecule has 0 radical (unpaired) electrons. The lowest BCUT2D eigenvalue weighted by Crippen LogP contribution is -2.38. The summed E-state index contributed by atoms with van der Waals surface area (Å²) in [6.07, 6.45) is 23.5. The molecule has 0 saturated heterocycles. The quantitative estimate of drug-likeness (QED) is 0.413. The molecule has 0 bridgehead atoms. The largest absolute Gasteiger partial charge is 0.198 e. The van der Waals surface area contributed by atoms with Crippen molar-refractivity contribution >= 4 is 0 Å². The third-order valence-corrected chi connectivity index (χ3v) is 9.12. The third kappa shape index (κ3) is 5.31. The van der Waals surface area contributed by atoms with Crippen LogP contribution in [0.3, 0.4) is 0 Å². The predicted octanol–water partition coefficient (Wildman–Crippen LogP) is 8.29. The van der Waals surface area contributed by atoms with Gasteiger partial charge in [0.1, 0.15) is 0 Å². The second-order valence-electron chi connectivity index (χ2n) is 10.5. The van der Waals surface area contributed by atoms with Gasteiger partial charge in [-0.2, -0.15) is 5.26 Å². The van der Waals surface area contributed by atoms with Crippen LogP contribution in [0.5, 0.6) is 0 Å². The Morgan fingerprint density at radius 1 is 0.741 bits per heavy atom. The number of hydrogen-bond acceptors (Lipinski definition) is 1. The van der Waals surface area contributed by atoms with Crippen molar-refractivity contribution in [2.24, 2.45) is 35.0 Å². The first-order valence-electron chi connectivity index (χ1n) is 12.6. The van der Waals surface area contributed by atoms with Crippen molar-refractivity contribution in [3.05, 3.63) is 0 Å². The highest BCUT2D eigenvalue weighted by atomic mass is 14.5. The first kappa shape index (κ1) is 21.2. The summed E-state index contributed by atoms with van der Waals surface area (Å²) in [5.41, 5.74) is 0.0471. The van der Waals surface area contributed by atoms with Crippen LogP contribution in [0.25, 0.3) is 0 Å². The molecule has 1 nitrogen and oxygen atoms in total. The fraction of sp³-hybridized carbons (Fsp3) is 0.962. The Hall–Kier alpha value is -0.510. The molecule has 3 fully saturated rings. The zero-order chi connectivity index (χ0) is 19.1. The first-order valence-corrected chi connectivity index (χ1v) is 12.6. The van der Waals surface area contributed by atoms with Crippen molar-refractivity contribution in [1.82, 2.24) is 0 Å². The molecule has 0 aromatic carbocycles. The second-order valence-corrected chi connectivity index (χ2v) is 10.5. The Morgan fingerprint density at radius 3 is 1.89 bits per heavy atom. The van der Waals surface area contributed by atoms with Gasteiger partial charge in [0.05, 0.1) is 11.5 Å². The summed E-state index contributed by atoms with van der Waals surface area (Å²) in [5.74, 6) is 4.61. The van der Waals surface area contributed by atoms with E-state index >= 15 is 0 Å². The van der Waals surface area contributed by atoms with Crippen LogP contribution in [0, 0.1) is 46.3 Å². The van der Waals surface area contributed by atoms with Gasteiger partial charge in [-0.15, -0.1) is 0 Å². The van der Waals surface area contributed by atoms with Crippen LogP contribution >= 0.6 is 0 Å². The van der Waals surface area contributed by atoms with Crippen molar-refractivity contribution in [1.29, 1.82) is 5.26 Å². The summed E-state index contributed by atoms with van der Waals surface area (Å²) in [7, 11) is 0. The molecule has 3 aliphatic carbocycles. The molecule has 0 aromatic rings. The maximum absolute atomic E-state index is 10.1. The Morgan fingerprint density at radius 2 is 1.33 bits per heavy atom. The third-order valence-electron chi connectivity index (χ3n) is 9.12. The molecule has 27 heavy (non-hydrogen) atoms. The van der Waals surface area contributed by atoms with Gasteiger partial charge in [0.25, 0.3) is 0 Å². The van der Waals surface area contributed by atoms with Crippen LogP contribution < -0.4 is 0 Å². The summed E-state index contributed by atoms with van der Waals surface area (Å²) in [4.78, 5) is 0. The van der Waals surface area contributed by atoms with E-state index in [9.17, 15) is 5.26 Å². The first-order chi connectivity index (χ1) is 13.2. The highest BCUT2D eigenvalue weighted by Crippen LogP contribution is 2.52. The fourth-order valence-corrected chi connectivity index (χ4v) is 6.99. The zero-order valence-electron chi connectivity index (χ0n) is 18.4. The van der Waals surface area contributed by atoms with Crippen LogP contribution in [-0.2, 0) is 0 Å². The van der Waals surface area contributed by atoms with Gasteiger partial charge in [-0.3, -0.25) is 0 Å². The molecule has 0 unspecified atom stereocenters. The minimum absolute atomic E-state index is 0.0471. The van der Waals surface area contributed by atoms with Gasteiger partial charge < -0.3 is 0 Å². The molecule has 0 aliphatic heterocycles. The van der Waals surface area contributed by atoms with E-state index in [4.69, 9.17) is 0 Å². The van der Waals surface area contributed by atoms with E-state index in [2.05, 4.69) is 19.9 Å². The standard InChI is InChI=1S/C26H45N/c1-3-5-6-7-22-10-14-25(15-11-22)26(20-27)18-16-24(17-19-26)23-12-8-21(4-2)9-13-23/h21-25H,3-19H2,1-2H3/t21?,22?,23?,24-,25?,26-. The van der Waals surface area contributed by atoms with Crippen LogP contribution in [-0.4, -0.2) is 0 Å². The normalized spacial score (nSPS) is 40.4. The molecule has 0 heterocycles. The lowest BCUT2D eigenvalue weighted by atomic mass is 9.57. The summed E-state index contributed by atoms with van der Waals surface area (Å²) in [5, 5.41) is 10.1.